The lowest BCUT2D eigenvalue weighted by molar-refractivity contribution is -0.119. The number of hydrogen-bond donors (Lipinski definition) is 2. The van der Waals surface area contributed by atoms with Gasteiger partial charge in [0.1, 0.15) is 0 Å². The fourth-order valence-corrected chi connectivity index (χ4v) is 2.06. The summed E-state index contributed by atoms with van der Waals surface area (Å²) in [6, 6.07) is 8.00. The highest BCUT2D eigenvalue weighted by Crippen LogP contribution is 2.29. The summed E-state index contributed by atoms with van der Waals surface area (Å²) in [6.07, 6.45) is 1.72. The first-order valence-corrected chi connectivity index (χ1v) is 6.96. The molecule has 3 N–H and O–H groups in total. The minimum absolute atomic E-state index is 0.00317. The van der Waals surface area contributed by atoms with E-state index in [1.165, 1.54) is 0 Å². The summed E-state index contributed by atoms with van der Waals surface area (Å²) in [5.41, 5.74) is 7.58. The lowest BCUT2D eigenvalue weighted by Gasteiger charge is -2.23. The first-order chi connectivity index (χ1) is 8.86. The number of hydrogen-bond acceptors (Lipinski definition) is 2. The predicted molar refractivity (Wildman–Crippen MR) is 81.2 cm³/mol. The minimum atomic E-state index is -0.00317. The second-order valence-electron chi connectivity index (χ2n) is 6.12. The van der Waals surface area contributed by atoms with Crippen LogP contribution in [-0.2, 0) is 10.2 Å². The minimum Gasteiger partial charge on any atom is -0.330 e. The second-order valence-corrected chi connectivity index (χ2v) is 6.12. The predicted octanol–water partition coefficient (Wildman–Crippen LogP) is 3.30. The zero-order valence-electron chi connectivity index (χ0n) is 12.5. The normalized spacial score (nSPS) is 13.1. The maximum absolute atomic E-state index is 12.1. The molecule has 0 spiro atoms. The third-order valence-corrected chi connectivity index (χ3v) is 3.28. The Kier molecular flexibility index (Phi) is 5.55. The molecule has 1 aromatic carbocycles. The monoisotopic (exact) mass is 262 g/mol. The molecule has 3 heteroatoms. The third kappa shape index (κ3) is 4.67. The van der Waals surface area contributed by atoms with Crippen molar-refractivity contribution in [1.29, 1.82) is 0 Å². The number of rotatable bonds is 5. The van der Waals surface area contributed by atoms with Gasteiger partial charge >= 0.3 is 0 Å². The molecule has 1 atom stereocenters. The van der Waals surface area contributed by atoms with Crippen LogP contribution in [0.2, 0.25) is 0 Å². The van der Waals surface area contributed by atoms with Gasteiger partial charge < -0.3 is 11.1 Å². The Morgan fingerprint density at radius 2 is 1.95 bits per heavy atom. The Morgan fingerprint density at radius 3 is 2.53 bits per heavy atom. The van der Waals surface area contributed by atoms with Crippen LogP contribution in [0.25, 0.3) is 0 Å². The Bertz CT molecular complexity index is 421. The van der Waals surface area contributed by atoms with Gasteiger partial charge in [0.15, 0.2) is 0 Å². The van der Waals surface area contributed by atoms with Crippen molar-refractivity contribution >= 4 is 11.6 Å². The van der Waals surface area contributed by atoms with E-state index in [4.69, 9.17) is 5.73 Å². The molecule has 1 amide bonds. The van der Waals surface area contributed by atoms with Gasteiger partial charge in [0.2, 0.25) is 5.91 Å². The van der Waals surface area contributed by atoms with Gasteiger partial charge in [0.25, 0.3) is 0 Å². The van der Waals surface area contributed by atoms with E-state index in [-0.39, 0.29) is 17.2 Å². The number of amides is 1. The zero-order valence-corrected chi connectivity index (χ0v) is 12.5. The number of carbonyl (C=O) groups is 1. The van der Waals surface area contributed by atoms with Gasteiger partial charge in [-0.05, 0) is 36.4 Å². The van der Waals surface area contributed by atoms with Gasteiger partial charge in [-0.3, -0.25) is 4.79 Å². The molecule has 1 rings (SSSR count). The fraction of sp³-hybridized carbons (Fsp3) is 0.562. The molecule has 0 aliphatic heterocycles. The fourth-order valence-electron chi connectivity index (χ4n) is 2.06. The molecule has 3 nitrogen and oxygen atoms in total. The highest BCUT2D eigenvalue weighted by Gasteiger charge is 2.20. The number of anilines is 1. The zero-order chi connectivity index (χ0) is 14.5. The number of benzene rings is 1. The average Bonchev–Trinajstić information content (AvgIpc) is 2.35. The first kappa shape index (κ1) is 15.7. The highest BCUT2D eigenvalue weighted by atomic mass is 16.1. The largest absolute Gasteiger partial charge is 0.330 e. The van der Waals surface area contributed by atoms with Gasteiger partial charge in [-0.1, -0.05) is 45.9 Å². The third-order valence-electron chi connectivity index (χ3n) is 3.28. The average molecular weight is 262 g/mol. The molecular formula is C16H26N2O. The number of carbonyl (C=O) groups excluding carboxylic acids is 1. The van der Waals surface area contributed by atoms with Crippen molar-refractivity contribution in [2.24, 2.45) is 11.7 Å². The summed E-state index contributed by atoms with van der Waals surface area (Å²) >= 11 is 0. The summed E-state index contributed by atoms with van der Waals surface area (Å²) in [5, 5.41) is 3.05. The molecule has 0 saturated carbocycles. The molecule has 0 bridgehead atoms. The molecule has 1 aromatic rings. The van der Waals surface area contributed by atoms with Crippen LogP contribution in [0.4, 0.5) is 5.69 Å². The van der Waals surface area contributed by atoms with Crippen LogP contribution in [0, 0.1) is 5.92 Å². The molecular weight excluding hydrogens is 236 g/mol. The molecule has 0 saturated heterocycles. The quantitative estimate of drug-likeness (QED) is 0.855. The molecule has 0 fully saturated rings. The van der Waals surface area contributed by atoms with Crippen LogP contribution in [0.3, 0.4) is 0 Å². The van der Waals surface area contributed by atoms with Crippen LogP contribution < -0.4 is 11.1 Å². The smallest absolute Gasteiger partial charge is 0.227 e. The molecule has 0 radical (unpaired) electrons. The molecule has 19 heavy (non-hydrogen) atoms. The van der Waals surface area contributed by atoms with Crippen molar-refractivity contribution in [3.05, 3.63) is 29.8 Å². The van der Waals surface area contributed by atoms with Crippen LogP contribution in [0.15, 0.2) is 24.3 Å². The maximum atomic E-state index is 12.1. The number of nitrogens with one attached hydrogen (secondary N) is 1. The van der Waals surface area contributed by atoms with E-state index in [1.807, 2.05) is 25.1 Å². The van der Waals surface area contributed by atoms with Crippen molar-refractivity contribution in [2.45, 2.75) is 46.0 Å². The molecule has 106 valence electrons. The van der Waals surface area contributed by atoms with Gasteiger partial charge in [-0.15, -0.1) is 0 Å². The van der Waals surface area contributed by atoms with E-state index >= 15 is 0 Å². The Hall–Kier alpha value is -1.35. The summed E-state index contributed by atoms with van der Waals surface area (Å²) in [4.78, 5) is 12.1. The van der Waals surface area contributed by atoms with E-state index < -0.39 is 0 Å². The van der Waals surface area contributed by atoms with E-state index in [9.17, 15) is 4.79 Å². The van der Waals surface area contributed by atoms with Crippen LogP contribution in [-0.4, -0.2) is 12.5 Å². The standard InChI is InChI=1S/C16H26N2O/c1-12(8-7-11-17)15(19)18-14-10-6-5-9-13(14)16(2,3)4/h5-6,9-10,12H,7-8,11,17H2,1-4H3,(H,18,19). The molecule has 0 heterocycles. The van der Waals surface area contributed by atoms with Crippen LogP contribution in [0.5, 0.6) is 0 Å². The van der Waals surface area contributed by atoms with E-state index in [2.05, 4.69) is 32.2 Å². The van der Waals surface area contributed by atoms with E-state index in [0.29, 0.717) is 6.54 Å². The molecule has 0 aliphatic rings. The lowest BCUT2D eigenvalue weighted by atomic mass is 9.85. The van der Waals surface area contributed by atoms with Crippen molar-refractivity contribution in [2.75, 3.05) is 11.9 Å². The maximum Gasteiger partial charge on any atom is 0.227 e. The van der Waals surface area contributed by atoms with Crippen molar-refractivity contribution < 1.29 is 4.79 Å². The number of para-hydroxylation sites is 1. The van der Waals surface area contributed by atoms with Gasteiger partial charge in [0.05, 0.1) is 0 Å². The summed E-state index contributed by atoms with van der Waals surface area (Å²) < 4.78 is 0. The van der Waals surface area contributed by atoms with Crippen LogP contribution in [0.1, 0.15) is 46.1 Å². The van der Waals surface area contributed by atoms with Crippen molar-refractivity contribution in [1.82, 2.24) is 0 Å². The Morgan fingerprint density at radius 1 is 1.32 bits per heavy atom. The second kappa shape index (κ2) is 6.71. The molecule has 1 unspecified atom stereocenters. The van der Waals surface area contributed by atoms with Crippen molar-refractivity contribution in [3.8, 4) is 0 Å². The SMILES string of the molecule is CC(CCCN)C(=O)Nc1ccccc1C(C)(C)C. The molecule has 0 aliphatic carbocycles. The molecule has 0 aromatic heterocycles. The first-order valence-electron chi connectivity index (χ1n) is 6.96. The van der Waals surface area contributed by atoms with Crippen molar-refractivity contribution in [3.63, 3.8) is 0 Å². The highest BCUT2D eigenvalue weighted by molar-refractivity contribution is 5.93. The Balaban J connectivity index is 2.80. The lowest BCUT2D eigenvalue weighted by Crippen LogP contribution is -2.23. The van der Waals surface area contributed by atoms with Gasteiger partial charge in [-0.25, -0.2) is 0 Å². The topological polar surface area (TPSA) is 55.1 Å². The van der Waals surface area contributed by atoms with E-state index in [1.54, 1.807) is 0 Å². The summed E-state index contributed by atoms with van der Waals surface area (Å²) in [7, 11) is 0. The number of nitrogens with two attached hydrogens (primary N) is 1. The van der Waals surface area contributed by atoms with Gasteiger partial charge in [0, 0.05) is 11.6 Å². The van der Waals surface area contributed by atoms with Crippen LogP contribution >= 0.6 is 0 Å². The van der Waals surface area contributed by atoms with Gasteiger partial charge in [-0.2, -0.15) is 0 Å². The summed E-state index contributed by atoms with van der Waals surface area (Å²) in [5.74, 6) is 0.0710. The van der Waals surface area contributed by atoms with E-state index in [0.717, 1.165) is 24.1 Å². The summed E-state index contributed by atoms with van der Waals surface area (Å²) in [6.45, 7) is 9.03. The Labute approximate surface area is 116 Å².